The monoisotopic (exact) mass is 239 g/mol. The van der Waals surface area contributed by atoms with Crippen molar-refractivity contribution in [2.24, 2.45) is 0 Å². The fourth-order valence-electron chi connectivity index (χ4n) is 1.56. The Morgan fingerprint density at radius 3 is 2.59 bits per heavy atom. The molecule has 1 heterocycles. The summed E-state index contributed by atoms with van der Waals surface area (Å²) in [5.41, 5.74) is 0.423. The quantitative estimate of drug-likeness (QED) is 0.852. The van der Waals surface area contributed by atoms with Gasteiger partial charge < -0.3 is 14.4 Å². The number of carboxylic acids is 1. The lowest BCUT2D eigenvalue weighted by Gasteiger charge is -2.26. The summed E-state index contributed by atoms with van der Waals surface area (Å²) in [4.78, 5) is 24.3. The van der Waals surface area contributed by atoms with Crippen molar-refractivity contribution in [3.63, 3.8) is 0 Å². The van der Waals surface area contributed by atoms with Gasteiger partial charge in [0.15, 0.2) is 0 Å². The molecule has 1 amide bonds. The van der Waals surface area contributed by atoms with Gasteiger partial charge in [-0.05, 0) is 26.3 Å². The van der Waals surface area contributed by atoms with Gasteiger partial charge in [0.1, 0.15) is 12.3 Å². The van der Waals surface area contributed by atoms with Gasteiger partial charge in [-0.1, -0.05) is 6.92 Å². The molecule has 0 aliphatic carbocycles. The van der Waals surface area contributed by atoms with Crippen molar-refractivity contribution in [2.75, 3.05) is 6.54 Å². The third kappa shape index (κ3) is 3.09. The number of aliphatic carboxylic acids is 1. The minimum absolute atomic E-state index is 0.118. The summed E-state index contributed by atoms with van der Waals surface area (Å²) in [5, 5.41) is 8.83. The summed E-state index contributed by atoms with van der Waals surface area (Å²) in [6.45, 7) is 5.13. The fraction of sp³-hybridized carbons (Fsp3) is 0.500. The highest BCUT2D eigenvalue weighted by atomic mass is 16.4. The third-order valence-electron chi connectivity index (χ3n) is 2.78. The van der Waals surface area contributed by atoms with Gasteiger partial charge in [0.2, 0.25) is 0 Å². The number of carbonyl (C=O) groups is 2. The molecule has 5 nitrogen and oxygen atoms in total. The van der Waals surface area contributed by atoms with E-state index >= 15 is 0 Å². The van der Waals surface area contributed by atoms with Gasteiger partial charge in [0, 0.05) is 6.04 Å². The number of carbonyl (C=O) groups excluding carboxylic acids is 1. The van der Waals surface area contributed by atoms with E-state index in [2.05, 4.69) is 0 Å². The number of nitrogens with zero attached hydrogens (tertiary/aromatic N) is 1. The van der Waals surface area contributed by atoms with E-state index in [0.29, 0.717) is 17.7 Å². The molecule has 1 atom stereocenters. The van der Waals surface area contributed by atoms with Crippen molar-refractivity contribution in [1.82, 2.24) is 4.90 Å². The number of amides is 1. The van der Waals surface area contributed by atoms with Crippen LogP contribution in [0.3, 0.4) is 0 Å². The van der Waals surface area contributed by atoms with E-state index in [1.165, 1.54) is 11.2 Å². The summed E-state index contributed by atoms with van der Waals surface area (Å²) in [7, 11) is 0. The summed E-state index contributed by atoms with van der Waals surface area (Å²) in [6, 6.07) is 1.45. The maximum absolute atomic E-state index is 12.2. The highest BCUT2D eigenvalue weighted by Gasteiger charge is 2.24. The van der Waals surface area contributed by atoms with Crippen LogP contribution in [0.2, 0.25) is 0 Å². The van der Waals surface area contributed by atoms with E-state index in [1.54, 1.807) is 13.0 Å². The molecule has 0 radical (unpaired) electrons. The topological polar surface area (TPSA) is 70.8 Å². The molecule has 0 aliphatic heterocycles. The Kier molecular flexibility index (Phi) is 4.31. The van der Waals surface area contributed by atoms with Crippen molar-refractivity contribution in [2.45, 2.75) is 33.2 Å². The Hall–Kier alpha value is -1.78. The zero-order chi connectivity index (χ0) is 13.0. The van der Waals surface area contributed by atoms with Crippen molar-refractivity contribution in [3.05, 3.63) is 23.7 Å². The van der Waals surface area contributed by atoms with Gasteiger partial charge in [-0.25, -0.2) is 0 Å². The molecule has 5 heteroatoms. The summed E-state index contributed by atoms with van der Waals surface area (Å²) in [5.74, 6) is -0.804. The molecule has 0 spiro atoms. The first-order valence-corrected chi connectivity index (χ1v) is 5.54. The molecule has 0 saturated heterocycles. The molecule has 0 fully saturated rings. The predicted molar refractivity (Wildman–Crippen MR) is 61.9 cm³/mol. The number of hydrogen-bond donors (Lipinski definition) is 1. The van der Waals surface area contributed by atoms with Crippen LogP contribution in [0.4, 0.5) is 0 Å². The molecule has 1 aromatic rings. The number of aryl methyl sites for hydroxylation is 1. The minimum Gasteiger partial charge on any atom is -0.480 e. The number of carboxylic acid groups (broad SMARTS) is 1. The molecule has 1 N–H and O–H groups in total. The van der Waals surface area contributed by atoms with Crippen LogP contribution in [0.25, 0.3) is 0 Å². The zero-order valence-corrected chi connectivity index (χ0v) is 10.3. The van der Waals surface area contributed by atoms with Gasteiger partial charge in [-0.15, -0.1) is 0 Å². The SMILES string of the molecule is CCC(C)N(CC(=O)O)C(=O)c1ccoc1C. The molecule has 1 rings (SSSR count). The minimum atomic E-state index is -1.01. The van der Waals surface area contributed by atoms with Crippen LogP contribution >= 0.6 is 0 Å². The molecule has 0 aromatic carbocycles. The largest absolute Gasteiger partial charge is 0.480 e. The second-order valence-corrected chi connectivity index (χ2v) is 3.97. The van der Waals surface area contributed by atoms with Gasteiger partial charge in [0.05, 0.1) is 11.8 Å². The summed E-state index contributed by atoms with van der Waals surface area (Å²) >= 11 is 0. The third-order valence-corrected chi connectivity index (χ3v) is 2.78. The first kappa shape index (κ1) is 13.3. The van der Waals surface area contributed by atoms with Gasteiger partial charge in [-0.2, -0.15) is 0 Å². The van der Waals surface area contributed by atoms with Gasteiger partial charge >= 0.3 is 5.97 Å². The van der Waals surface area contributed by atoms with E-state index in [9.17, 15) is 9.59 Å². The Morgan fingerprint density at radius 2 is 2.18 bits per heavy atom. The van der Waals surface area contributed by atoms with Crippen molar-refractivity contribution < 1.29 is 19.1 Å². The van der Waals surface area contributed by atoms with E-state index in [4.69, 9.17) is 9.52 Å². The number of furan rings is 1. The molecule has 0 aliphatic rings. The maximum Gasteiger partial charge on any atom is 0.323 e. The Morgan fingerprint density at radius 1 is 1.53 bits per heavy atom. The Labute approximate surface area is 100 Å². The summed E-state index contributed by atoms with van der Waals surface area (Å²) in [6.07, 6.45) is 2.13. The standard InChI is InChI=1S/C12H17NO4/c1-4-8(2)13(7-11(14)15)12(16)10-5-6-17-9(10)3/h5-6,8H,4,7H2,1-3H3,(H,14,15). The molecule has 0 saturated carbocycles. The normalized spacial score (nSPS) is 12.2. The average molecular weight is 239 g/mol. The van der Waals surface area contributed by atoms with Crippen molar-refractivity contribution in [1.29, 1.82) is 0 Å². The van der Waals surface area contributed by atoms with Crippen LogP contribution in [0.1, 0.15) is 36.4 Å². The molecular formula is C12H17NO4. The smallest absolute Gasteiger partial charge is 0.323 e. The zero-order valence-electron chi connectivity index (χ0n) is 10.3. The first-order chi connectivity index (χ1) is 7.97. The van der Waals surface area contributed by atoms with Crippen LogP contribution in [0.5, 0.6) is 0 Å². The van der Waals surface area contributed by atoms with Crippen molar-refractivity contribution >= 4 is 11.9 Å². The summed E-state index contributed by atoms with van der Waals surface area (Å²) < 4.78 is 5.06. The fourth-order valence-corrected chi connectivity index (χ4v) is 1.56. The number of rotatable bonds is 5. The van der Waals surface area contributed by atoms with Gasteiger partial charge in [0.25, 0.3) is 5.91 Å². The van der Waals surface area contributed by atoms with Crippen LogP contribution in [0.15, 0.2) is 16.7 Å². The highest BCUT2D eigenvalue weighted by Crippen LogP contribution is 2.15. The second-order valence-electron chi connectivity index (χ2n) is 3.97. The molecule has 94 valence electrons. The number of hydrogen-bond acceptors (Lipinski definition) is 3. The lowest BCUT2D eigenvalue weighted by Crippen LogP contribution is -2.41. The Bertz CT molecular complexity index is 410. The van der Waals surface area contributed by atoms with Crippen LogP contribution in [-0.4, -0.2) is 34.5 Å². The predicted octanol–water partition coefficient (Wildman–Crippen LogP) is 1.91. The molecule has 1 aromatic heterocycles. The second kappa shape index (κ2) is 5.52. The molecular weight excluding hydrogens is 222 g/mol. The van der Waals surface area contributed by atoms with E-state index in [-0.39, 0.29) is 18.5 Å². The van der Waals surface area contributed by atoms with Crippen LogP contribution in [0, 0.1) is 6.92 Å². The lowest BCUT2D eigenvalue weighted by atomic mass is 10.1. The van der Waals surface area contributed by atoms with Crippen LogP contribution in [-0.2, 0) is 4.79 Å². The van der Waals surface area contributed by atoms with E-state index < -0.39 is 5.97 Å². The van der Waals surface area contributed by atoms with Gasteiger partial charge in [-0.3, -0.25) is 9.59 Å². The Balaban J connectivity index is 2.94. The van der Waals surface area contributed by atoms with E-state index in [1.807, 2.05) is 13.8 Å². The lowest BCUT2D eigenvalue weighted by molar-refractivity contribution is -0.138. The highest BCUT2D eigenvalue weighted by molar-refractivity contribution is 5.96. The average Bonchev–Trinajstić information content (AvgIpc) is 2.70. The molecule has 1 unspecified atom stereocenters. The molecule has 17 heavy (non-hydrogen) atoms. The maximum atomic E-state index is 12.2. The van der Waals surface area contributed by atoms with Crippen molar-refractivity contribution in [3.8, 4) is 0 Å². The molecule has 0 bridgehead atoms. The van der Waals surface area contributed by atoms with Crippen LogP contribution < -0.4 is 0 Å². The van der Waals surface area contributed by atoms with E-state index in [0.717, 1.165) is 0 Å². The first-order valence-electron chi connectivity index (χ1n) is 5.54.